The highest BCUT2D eigenvalue weighted by atomic mass is 19.1. The summed E-state index contributed by atoms with van der Waals surface area (Å²) in [6.45, 7) is 4.60. The van der Waals surface area contributed by atoms with Crippen LogP contribution in [0.2, 0.25) is 0 Å². The Hall–Kier alpha value is -1.68. The van der Waals surface area contributed by atoms with Crippen LogP contribution in [0.4, 0.5) is 8.78 Å². The maximum atomic E-state index is 15.2. The van der Waals surface area contributed by atoms with Crippen LogP contribution in [0.5, 0.6) is 0 Å². The number of aryl methyl sites for hydroxylation is 1. The van der Waals surface area contributed by atoms with Gasteiger partial charge in [0.05, 0.1) is 14.0 Å². The van der Waals surface area contributed by atoms with E-state index in [1.54, 1.807) is 19.1 Å². The van der Waals surface area contributed by atoms with E-state index in [4.69, 9.17) is 12.6 Å². The average molecular weight is 338 g/mol. The van der Waals surface area contributed by atoms with E-state index < -0.39 is 5.82 Å². The number of hydrogen-bond acceptors (Lipinski definition) is 1. The summed E-state index contributed by atoms with van der Waals surface area (Å²) in [6.07, 6.45) is 2.63. The van der Waals surface area contributed by atoms with Crippen LogP contribution in [0.1, 0.15) is 47.8 Å². The number of benzene rings is 2. The molecule has 2 aliphatic rings. The van der Waals surface area contributed by atoms with E-state index in [1.165, 1.54) is 0 Å². The summed E-state index contributed by atoms with van der Waals surface area (Å²) in [4.78, 5) is 0. The second kappa shape index (κ2) is 6.24. The average Bonchev–Trinajstić information content (AvgIpc) is 2.89. The van der Waals surface area contributed by atoms with Crippen LogP contribution in [-0.4, -0.2) is 20.6 Å². The normalized spacial score (nSPS) is 24.9. The van der Waals surface area contributed by atoms with Gasteiger partial charge in [-0.1, -0.05) is 31.2 Å². The van der Waals surface area contributed by atoms with Gasteiger partial charge in [0, 0.05) is 13.0 Å². The molecule has 3 atom stereocenters. The van der Waals surface area contributed by atoms with Crippen molar-refractivity contribution in [3.8, 4) is 11.1 Å². The standard InChI is InChI=1S/C21H21BF2O/c1-11-3-6-14(25-10-11)9-13-5-8-16-15-7-4-12(2)20(23)17(15)19(22)18(16)21(13)24/h4-5,7-8,11,14,19H,3,6,9-10H2,1-2H3. The fourth-order valence-electron chi connectivity index (χ4n) is 4.06. The Balaban J connectivity index is 1.69. The zero-order chi connectivity index (χ0) is 17.7. The molecule has 1 saturated heterocycles. The highest BCUT2D eigenvalue weighted by Crippen LogP contribution is 2.46. The molecule has 2 radical (unpaired) electrons. The van der Waals surface area contributed by atoms with Crippen molar-refractivity contribution in [1.29, 1.82) is 0 Å². The van der Waals surface area contributed by atoms with Crippen molar-refractivity contribution < 1.29 is 13.5 Å². The molecule has 1 heterocycles. The number of hydrogen-bond donors (Lipinski definition) is 0. The van der Waals surface area contributed by atoms with Gasteiger partial charge in [-0.2, -0.15) is 0 Å². The zero-order valence-corrected chi connectivity index (χ0v) is 14.6. The molecule has 1 aliphatic heterocycles. The molecule has 25 heavy (non-hydrogen) atoms. The van der Waals surface area contributed by atoms with E-state index in [0.717, 1.165) is 19.4 Å². The van der Waals surface area contributed by atoms with E-state index >= 15 is 4.39 Å². The van der Waals surface area contributed by atoms with Crippen LogP contribution in [0.3, 0.4) is 0 Å². The quantitative estimate of drug-likeness (QED) is 0.710. The van der Waals surface area contributed by atoms with Crippen LogP contribution in [0, 0.1) is 24.5 Å². The Labute approximate surface area is 148 Å². The minimum atomic E-state index is -0.753. The first-order valence-corrected chi connectivity index (χ1v) is 8.95. The van der Waals surface area contributed by atoms with Gasteiger partial charge in [-0.25, -0.2) is 8.78 Å². The van der Waals surface area contributed by atoms with Gasteiger partial charge < -0.3 is 4.74 Å². The lowest BCUT2D eigenvalue weighted by atomic mass is 9.78. The predicted molar refractivity (Wildman–Crippen MR) is 96.0 cm³/mol. The second-order valence-electron chi connectivity index (χ2n) is 7.48. The number of halogens is 2. The summed E-state index contributed by atoms with van der Waals surface area (Å²) in [5.74, 6) is -0.820. The van der Waals surface area contributed by atoms with E-state index in [2.05, 4.69) is 6.92 Å². The number of fused-ring (bicyclic) bond motifs is 3. The maximum Gasteiger partial charge on any atom is 0.130 e. The van der Waals surface area contributed by atoms with Crippen LogP contribution in [-0.2, 0) is 11.2 Å². The van der Waals surface area contributed by atoms with E-state index in [0.29, 0.717) is 45.7 Å². The molecule has 0 aromatic heterocycles. The molecule has 1 nitrogen and oxygen atoms in total. The molecule has 1 aliphatic carbocycles. The first-order valence-electron chi connectivity index (χ1n) is 8.95. The third-order valence-corrected chi connectivity index (χ3v) is 5.59. The van der Waals surface area contributed by atoms with Crippen molar-refractivity contribution in [2.45, 2.75) is 45.0 Å². The lowest BCUT2D eigenvalue weighted by Gasteiger charge is -2.27. The van der Waals surface area contributed by atoms with Gasteiger partial charge in [-0.15, -0.1) is 0 Å². The van der Waals surface area contributed by atoms with Crippen molar-refractivity contribution in [3.63, 3.8) is 0 Å². The summed E-state index contributed by atoms with van der Waals surface area (Å²) >= 11 is 0. The molecule has 1 fully saturated rings. The SMILES string of the molecule is [B]C1c2c(ccc(C)c2F)-c2ccc(CC3CCC(C)CO3)c(F)c21. The fourth-order valence-corrected chi connectivity index (χ4v) is 4.06. The van der Waals surface area contributed by atoms with Crippen molar-refractivity contribution in [2.24, 2.45) is 5.92 Å². The molecule has 0 N–H and O–H groups in total. The third-order valence-electron chi connectivity index (χ3n) is 5.59. The summed E-state index contributed by atoms with van der Waals surface area (Å²) in [6, 6.07) is 7.23. The van der Waals surface area contributed by atoms with E-state index in [-0.39, 0.29) is 17.7 Å². The van der Waals surface area contributed by atoms with Gasteiger partial charge in [0.1, 0.15) is 11.6 Å². The topological polar surface area (TPSA) is 9.23 Å². The Kier molecular flexibility index (Phi) is 4.19. The minimum Gasteiger partial charge on any atom is -0.378 e. The molecule has 0 amide bonds. The lowest BCUT2D eigenvalue weighted by molar-refractivity contribution is -0.0105. The van der Waals surface area contributed by atoms with Crippen LogP contribution < -0.4 is 0 Å². The molecule has 3 unspecified atom stereocenters. The van der Waals surface area contributed by atoms with Crippen molar-refractivity contribution in [2.75, 3.05) is 6.61 Å². The second-order valence-corrected chi connectivity index (χ2v) is 7.48. The summed E-state index contributed by atoms with van der Waals surface area (Å²) in [5, 5.41) is 0. The van der Waals surface area contributed by atoms with Crippen molar-refractivity contribution in [3.05, 3.63) is 58.2 Å². The van der Waals surface area contributed by atoms with Crippen molar-refractivity contribution in [1.82, 2.24) is 0 Å². The van der Waals surface area contributed by atoms with Gasteiger partial charge in [0.2, 0.25) is 0 Å². The first-order chi connectivity index (χ1) is 12.0. The molecule has 128 valence electrons. The maximum absolute atomic E-state index is 15.2. The van der Waals surface area contributed by atoms with Crippen molar-refractivity contribution >= 4 is 7.85 Å². The van der Waals surface area contributed by atoms with Gasteiger partial charge in [-0.05, 0) is 64.9 Å². The fraction of sp³-hybridized carbons (Fsp3) is 0.429. The van der Waals surface area contributed by atoms with Crippen LogP contribution in [0.25, 0.3) is 11.1 Å². The Bertz CT molecular complexity index is 825. The monoisotopic (exact) mass is 338 g/mol. The molecular formula is C21H21BF2O. The summed E-state index contributed by atoms with van der Waals surface area (Å²) in [7, 11) is 6.24. The smallest absolute Gasteiger partial charge is 0.130 e. The van der Waals surface area contributed by atoms with Gasteiger partial charge in [0.15, 0.2) is 0 Å². The molecule has 4 heteroatoms. The van der Waals surface area contributed by atoms with E-state index in [9.17, 15) is 4.39 Å². The summed E-state index contributed by atoms with van der Waals surface area (Å²) in [5.41, 5.74) is 3.39. The molecule has 0 spiro atoms. The molecule has 2 aromatic carbocycles. The predicted octanol–water partition coefficient (Wildman–Crippen LogP) is 4.87. The minimum absolute atomic E-state index is 0.0442. The largest absolute Gasteiger partial charge is 0.378 e. The Morgan fingerprint density at radius 1 is 1.04 bits per heavy atom. The van der Waals surface area contributed by atoms with Gasteiger partial charge in [0.25, 0.3) is 0 Å². The number of rotatable bonds is 2. The molecular weight excluding hydrogens is 317 g/mol. The Morgan fingerprint density at radius 3 is 2.40 bits per heavy atom. The van der Waals surface area contributed by atoms with Crippen LogP contribution in [0.15, 0.2) is 24.3 Å². The lowest BCUT2D eigenvalue weighted by Crippen LogP contribution is -2.26. The number of ether oxygens (including phenoxy) is 1. The zero-order valence-electron chi connectivity index (χ0n) is 14.6. The molecule has 2 aromatic rings. The van der Waals surface area contributed by atoms with Gasteiger partial charge >= 0.3 is 0 Å². The molecule has 0 saturated carbocycles. The molecule has 0 bridgehead atoms. The Morgan fingerprint density at radius 2 is 1.72 bits per heavy atom. The van der Waals surface area contributed by atoms with Gasteiger partial charge in [-0.3, -0.25) is 0 Å². The summed E-state index contributed by atoms with van der Waals surface area (Å²) < 4.78 is 35.6. The highest BCUT2D eigenvalue weighted by molar-refractivity contribution is 6.17. The van der Waals surface area contributed by atoms with E-state index in [1.807, 2.05) is 12.1 Å². The highest BCUT2D eigenvalue weighted by Gasteiger charge is 2.32. The van der Waals surface area contributed by atoms with Crippen LogP contribution >= 0.6 is 0 Å². The third kappa shape index (κ3) is 2.71. The molecule has 4 rings (SSSR count). The first kappa shape index (κ1) is 16.8.